The molecular formula is C39H30N4. The van der Waals surface area contributed by atoms with Crippen LogP contribution in [0.5, 0.6) is 0 Å². The maximum atomic E-state index is 5.12. The van der Waals surface area contributed by atoms with E-state index >= 15 is 0 Å². The van der Waals surface area contributed by atoms with Crippen molar-refractivity contribution in [1.82, 2.24) is 19.5 Å². The smallest absolute Gasteiger partial charge is 0.164 e. The van der Waals surface area contributed by atoms with Crippen molar-refractivity contribution in [3.63, 3.8) is 0 Å². The van der Waals surface area contributed by atoms with E-state index in [0.717, 1.165) is 16.7 Å². The van der Waals surface area contributed by atoms with E-state index in [1.165, 1.54) is 49.7 Å². The molecule has 0 spiro atoms. The van der Waals surface area contributed by atoms with Gasteiger partial charge in [-0.15, -0.1) is 0 Å². The van der Waals surface area contributed by atoms with Gasteiger partial charge in [-0.05, 0) is 34.4 Å². The molecule has 7 aromatic rings. The lowest BCUT2D eigenvalue weighted by atomic mass is 9.68. The van der Waals surface area contributed by atoms with Gasteiger partial charge in [-0.25, -0.2) is 15.0 Å². The van der Waals surface area contributed by atoms with Crippen molar-refractivity contribution in [2.45, 2.75) is 38.5 Å². The van der Waals surface area contributed by atoms with Gasteiger partial charge in [0.2, 0.25) is 0 Å². The van der Waals surface area contributed by atoms with Gasteiger partial charge in [-0.3, -0.25) is 0 Å². The molecular weight excluding hydrogens is 524 g/mol. The fourth-order valence-electron chi connectivity index (χ4n) is 7.53. The van der Waals surface area contributed by atoms with E-state index in [4.69, 9.17) is 15.0 Å². The highest BCUT2D eigenvalue weighted by Crippen LogP contribution is 2.55. The highest BCUT2D eigenvalue weighted by atomic mass is 15.0. The highest BCUT2D eigenvalue weighted by molar-refractivity contribution is 6.14. The zero-order chi connectivity index (χ0) is 29.1. The first kappa shape index (κ1) is 24.5. The molecule has 0 aliphatic carbocycles. The van der Waals surface area contributed by atoms with Gasteiger partial charge in [0.1, 0.15) is 0 Å². The summed E-state index contributed by atoms with van der Waals surface area (Å²) in [5.74, 6) is 2.05. The molecule has 5 aromatic carbocycles. The summed E-state index contributed by atoms with van der Waals surface area (Å²) in [5.41, 5.74) is 11.9. The summed E-state index contributed by atoms with van der Waals surface area (Å²) in [6.07, 6.45) is 0. The summed E-state index contributed by atoms with van der Waals surface area (Å²) >= 11 is 0. The maximum Gasteiger partial charge on any atom is 0.164 e. The maximum absolute atomic E-state index is 5.12. The molecule has 0 N–H and O–H groups in total. The largest absolute Gasteiger partial charge is 0.308 e. The molecule has 0 unspecified atom stereocenters. The molecule has 2 aliphatic rings. The second-order valence-corrected chi connectivity index (χ2v) is 12.9. The Morgan fingerprint density at radius 1 is 0.442 bits per heavy atom. The van der Waals surface area contributed by atoms with Crippen molar-refractivity contribution in [3.05, 3.63) is 131 Å². The van der Waals surface area contributed by atoms with Crippen molar-refractivity contribution in [2.75, 3.05) is 0 Å². The first-order chi connectivity index (χ1) is 20.8. The summed E-state index contributed by atoms with van der Waals surface area (Å²) < 4.78 is 2.55. The molecule has 2 aromatic heterocycles. The lowest BCUT2D eigenvalue weighted by Gasteiger charge is -2.42. The Labute approximate surface area is 250 Å². The third kappa shape index (κ3) is 3.18. The number of benzene rings is 5. The van der Waals surface area contributed by atoms with Crippen molar-refractivity contribution >= 4 is 21.8 Å². The van der Waals surface area contributed by atoms with Gasteiger partial charge in [0.05, 0.1) is 16.7 Å². The summed E-state index contributed by atoms with van der Waals surface area (Å²) in [4.78, 5) is 15.2. The first-order valence-electron chi connectivity index (χ1n) is 15.0. The fraction of sp³-hybridized carbons (Fsp3) is 0.154. The van der Waals surface area contributed by atoms with Crippen LogP contribution in [0.25, 0.3) is 61.7 Å². The number of para-hydroxylation sites is 2. The van der Waals surface area contributed by atoms with Gasteiger partial charge < -0.3 is 4.57 Å². The van der Waals surface area contributed by atoms with Crippen LogP contribution in [0.15, 0.2) is 109 Å². The third-order valence-corrected chi connectivity index (χ3v) is 9.79. The summed E-state index contributed by atoms with van der Waals surface area (Å²) in [6.45, 7) is 9.46. The molecule has 0 bridgehead atoms. The number of hydrogen-bond donors (Lipinski definition) is 0. The predicted molar refractivity (Wildman–Crippen MR) is 175 cm³/mol. The van der Waals surface area contributed by atoms with Crippen LogP contribution < -0.4 is 0 Å². The van der Waals surface area contributed by atoms with Gasteiger partial charge >= 0.3 is 0 Å². The molecule has 0 saturated carbocycles. The van der Waals surface area contributed by atoms with E-state index in [1.807, 2.05) is 36.4 Å². The van der Waals surface area contributed by atoms with Crippen LogP contribution in [0.1, 0.15) is 49.9 Å². The normalized spacial score (nSPS) is 15.3. The molecule has 206 valence electrons. The summed E-state index contributed by atoms with van der Waals surface area (Å²) in [5, 5.41) is 2.66. The minimum absolute atomic E-state index is 0.213. The van der Waals surface area contributed by atoms with E-state index in [9.17, 15) is 0 Å². The van der Waals surface area contributed by atoms with E-state index in [0.29, 0.717) is 17.5 Å². The van der Waals surface area contributed by atoms with Crippen molar-refractivity contribution in [1.29, 1.82) is 0 Å². The first-order valence-corrected chi connectivity index (χ1v) is 15.0. The van der Waals surface area contributed by atoms with Crippen LogP contribution >= 0.6 is 0 Å². The Balaban J connectivity index is 1.39. The molecule has 43 heavy (non-hydrogen) atoms. The van der Waals surface area contributed by atoms with Gasteiger partial charge in [0, 0.05) is 38.3 Å². The lowest BCUT2D eigenvalue weighted by molar-refractivity contribution is 0.594. The molecule has 0 saturated heterocycles. The number of fused-ring (bicyclic) bond motifs is 1. The van der Waals surface area contributed by atoms with Crippen LogP contribution in [0, 0.1) is 0 Å². The van der Waals surface area contributed by atoms with Crippen molar-refractivity contribution in [3.8, 4) is 39.9 Å². The van der Waals surface area contributed by atoms with Crippen LogP contribution in [-0.2, 0) is 10.8 Å². The highest BCUT2D eigenvalue weighted by Gasteiger charge is 2.43. The quantitative estimate of drug-likeness (QED) is 0.219. The van der Waals surface area contributed by atoms with Crippen LogP contribution in [0.2, 0.25) is 0 Å². The Morgan fingerprint density at radius 3 is 1.30 bits per heavy atom. The summed E-state index contributed by atoms with van der Waals surface area (Å²) in [6, 6.07) is 38.7. The molecule has 4 nitrogen and oxygen atoms in total. The van der Waals surface area contributed by atoms with Gasteiger partial charge in [-0.1, -0.05) is 125 Å². The Bertz CT molecular complexity index is 2120. The standard InChI is InChI=1S/C39H30N4/c1-38(2)28-19-11-17-26-27-18-12-20-29-33(27)43(32(26)28)34-30(38)21-25(22-31(34)39(29,3)4)37-41-35(23-13-7-5-8-14-23)40-36(42-37)24-15-9-6-10-16-24/h5-22H,1-4H3. The average molecular weight is 555 g/mol. The number of rotatable bonds is 3. The molecule has 4 heterocycles. The Morgan fingerprint density at radius 2 is 0.860 bits per heavy atom. The van der Waals surface area contributed by atoms with Crippen LogP contribution in [0.4, 0.5) is 0 Å². The number of nitrogens with zero attached hydrogens (tertiary/aromatic N) is 4. The number of aromatic nitrogens is 4. The van der Waals surface area contributed by atoms with Crippen molar-refractivity contribution < 1.29 is 0 Å². The molecule has 0 amide bonds. The zero-order valence-corrected chi connectivity index (χ0v) is 24.7. The van der Waals surface area contributed by atoms with E-state index in [1.54, 1.807) is 0 Å². The van der Waals surface area contributed by atoms with Gasteiger partial charge in [0.15, 0.2) is 17.5 Å². The zero-order valence-electron chi connectivity index (χ0n) is 24.7. The Kier molecular flexibility index (Phi) is 4.71. The predicted octanol–water partition coefficient (Wildman–Crippen LogP) is 9.25. The van der Waals surface area contributed by atoms with Gasteiger partial charge in [0.25, 0.3) is 0 Å². The molecule has 0 fully saturated rings. The molecule has 2 aliphatic heterocycles. The summed E-state index contributed by atoms with van der Waals surface area (Å²) in [7, 11) is 0. The third-order valence-electron chi connectivity index (χ3n) is 9.79. The van der Waals surface area contributed by atoms with Crippen molar-refractivity contribution in [2.24, 2.45) is 0 Å². The fourth-order valence-corrected chi connectivity index (χ4v) is 7.53. The second-order valence-electron chi connectivity index (χ2n) is 12.9. The Hall–Kier alpha value is -5.09. The van der Waals surface area contributed by atoms with Crippen LogP contribution in [-0.4, -0.2) is 19.5 Å². The SMILES string of the molecule is CC1(C)c2cc(-c3nc(-c4ccccc4)nc(-c4ccccc4)n3)cc3c2-n2c4c1cccc4c1cccc(c12)C3(C)C. The second kappa shape index (κ2) is 8.26. The molecule has 0 radical (unpaired) electrons. The molecule has 0 atom stereocenters. The minimum Gasteiger partial charge on any atom is -0.308 e. The monoisotopic (exact) mass is 554 g/mol. The topological polar surface area (TPSA) is 43.6 Å². The molecule has 4 heteroatoms. The van der Waals surface area contributed by atoms with E-state index in [2.05, 4.69) is 105 Å². The van der Waals surface area contributed by atoms with E-state index in [-0.39, 0.29) is 10.8 Å². The molecule has 9 rings (SSSR count). The van der Waals surface area contributed by atoms with E-state index < -0.39 is 0 Å². The van der Waals surface area contributed by atoms with Crippen LogP contribution in [0.3, 0.4) is 0 Å². The average Bonchev–Trinajstić information content (AvgIpc) is 3.38. The number of hydrogen-bond acceptors (Lipinski definition) is 3. The minimum atomic E-state index is -0.213. The van der Waals surface area contributed by atoms with Gasteiger partial charge in [-0.2, -0.15) is 0 Å². The lowest BCUT2D eigenvalue weighted by Crippen LogP contribution is -2.33.